The van der Waals surface area contributed by atoms with Crippen LogP contribution in [0.1, 0.15) is 23.5 Å². The smallest absolute Gasteiger partial charge is 0.382 e. The first-order chi connectivity index (χ1) is 15.8. The Morgan fingerprint density at radius 2 is 1.79 bits per heavy atom. The molecule has 0 fully saturated rings. The quantitative estimate of drug-likeness (QED) is 0.328. The number of halogens is 4. The summed E-state index contributed by atoms with van der Waals surface area (Å²) in [6.45, 7) is 0.270. The van der Waals surface area contributed by atoms with E-state index in [9.17, 15) is 22.8 Å². The summed E-state index contributed by atoms with van der Waals surface area (Å²) in [5.41, 5.74) is 7.36. The van der Waals surface area contributed by atoms with Crippen molar-refractivity contribution in [1.29, 1.82) is 5.26 Å². The highest BCUT2D eigenvalue weighted by Gasteiger charge is 2.35. The highest BCUT2D eigenvalue weighted by Crippen LogP contribution is 2.30. The molecule has 11 heteroatoms. The fraction of sp³-hybridized carbons (Fsp3) is 0.182. The van der Waals surface area contributed by atoms with Crippen molar-refractivity contribution in [3.8, 4) is 11.8 Å². The van der Waals surface area contributed by atoms with Crippen molar-refractivity contribution in [3.63, 3.8) is 0 Å². The van der Waals surface area contributed by atoms with Gasteiger partial charge in [0.25, 0.3) is 0 Å². The number of hydrogen-bond acceptors (Lipinski definition) is 6. The maximum absolute atomic E-state index is 13.2. The average molecular weight is 455 g/mol. The van der Waals surface area contributed by atoms with E-state index in [0.717, 1.165) is 0 Å². The first-order valence-electron chi connectivity index (χ1n) is 9.89. The number of para-hydroxylation sites is 1. The summed E-state index contributed by atoms with van der Waals surface area (Å²) in [4.78, 5) is 7.24. The van der Waals surface area contributed by atoms with Crippen LogP contribution < -0.4 is 11.1 Å². The first kappa shape index (κ1) is 22.0. The molecule has 7 nitrogen and oxygen atoms in total. The van der Waals surface area contributed by atoms with Gasteiger partial charge in [-0.25, -0.2) is 19.0 Å². The summed E-state index contributed by atoms with van der Waals surface area (Å²) in [6.07, 6.45) is -3.90. The molecule has 0 saturated carbocycles. The Morgan fingerprint density at radius 3 is 2.48 bits per heavy atom. The Morgan fingerprint density at radius 1 is 1.06 bits per heavy atom. The first-order valence-corrected chi connectivity index (χ1v) is 9.89. The molecule has 4 rings (SSSR count). The Kier molecular flexibility index (Phi) is 5.83. The van der Waals surface area contributed by atoms with Gasteiger partial charge in [0.2, 0.25) is 5.82 Å². The van der Waals surface area contributed by atoms with Gasteiger partial charge in [0.15, 0.2) is 0 Å². The lowest BCUT2D eigenvalue weighted by Crippen LogP contribution is -2.14. The number of nitrogen functional groups attached to an aromatic ring is 1. The van der Waals surface area contributed by atoms with Crippen LogP contribution >= 0.6 is 0 Å². The molecule has 0 atom stereocenters. The summed E-state index contributed by atoms with van der Waals surface area (Å²) < 4.78 is 54.0. The minimum absolute atomic E-state index is 0.0739. The second kappa shape index (κ2) is 8.74. The third-order valence-corrected chi connectivity index (χ3v) is 4.92. The monoisotopic (exact) mass is 455 g/mol. The molecule has 33 heavy (non-hydrogen) atoms. The molecule has 3 N–H and O–H groups in total. The van der Waals surface area contributed by atoms with Gasteiger partial charge in [-0.2, -0.15) is 23.5 Å². The van der Waals surface area contributed by atoms with Crippen LogP contribution in [-0.4, -0.2) is 26.3 Å². The van der Waals surface area contributed by atoms with Gasteiger partial charge >= 0.3 is 6.18 Å². The zero-order chi connectivity index (χ0) is 23.6. The van der Waals surface area contributed by atoms with Crippen molar-refractivity contribution in [1.82, 2.24) is 19.7 Å². The Balaban J connectivity index is 1.51. The van der Waals surface area contributed by atoms with E-state index in [1.165, 1.54) is 35.0 Å². The molecular weight excluding hydrogens is 438 g/mol. The Bertz CT molecular complexity index is 1340. The normalized spacial score (nSPS) is 11.5. The van der Waals surface area contributed by atoms with Crippen LogP contribution in [0.4, 0.5) is 29.2 Å². The lowest BCUT2D eigenvalue weighted by molar-refractivity contribution is -0.144. The number of aryl methyl sites for hydroxylation is 1. The minimum Gasteiger partial charge on any atom is -0.382 e. The summed E-state index contributed by atoms with van der Waals surface area (Å²) in [5.74, 6) is -1.43. The van der Waals surface area contributed by atoms with Crippen LogP contribution in [0.3, 0.4) is 0 Å². The lowest BCUT2D eigenvalue weighted by Gasteiger charge is -2.12. The van der Waals surface area contributed by atoms with Gasteiger partial charge in [-0.05, 0) is 49.2 Å². The van der Waals surface area contributed by atoms with Crippen molar-refractivity contribution in [2.24, 2.45) is 0 Å². The molecule has 2 heterocycles. The average Bonchev–Trinajstić information content (AvgIpc) is 3.11. The summed E-state index contributed by atoms with van der Waals surface area (Å²) in [7, 11) is 0. The van der Waals surface area contributed by atoms with Crippen LogP contribution in [0.15, 0.2) is 48.5 Å². The predicted molar refractivity (Wildman–Crippen MR) is 114 cm³/mol. The van der Waals surface area contributed by atoms with Crippen molar-refractivity contribution >= 4 is 22.5 Å². The predicted octanol–water partition coefficient (Wildman–Crippen LogP) is 4.47. The van der Waals surface area contributed by atoms with E-state index in [-0.39, 0.29) is 29.3 Å². The van der Waals surface area contributed by atoms with Crippen molar-refractivity contribution in [2.75, 3.05) is 17.6 Å². The van der Waals surface area contributed by atoms with Gasteiger partial charge in [0.05, 0.1) is 16.9 Å². The lowest BCUT2D eigenvalue weighted by atomic mass is 10.1. The molecule has 0 amide bonds. The number of rotatable bonds is 6. The molecule has 0 bridgehead atoms. The fourth-order valence-corrected chi connectivity index (χ4v) is 3.35. The molecule has 0 unspecified atom stereocenters. The second-order valence-corrected chi connectivity index (χ2v) is 7.15. The third-order valence-electron chi connectivity index (χ3n) is 4.92. The molecule has 0 aliphatic heterocycles. The number of benzene rings is 2. The number of nitriles is 1. The highest BCUT2D eigenvalue weighted by atomic mass is 19.4. The third kappa shape index (κ3) is 4.55. The number of alkyl halides is 3. The van der Waals surface area contributed by atoms with Gasteiger partial charge < -0.3 is 11.1 Å². The molecule has 0 saturated heterocycles. The van der Waals surface area contributed by atoms with Gasteiger partial charge in [0.1, 0.15) is 29.1 Å². The van der Waals surface area contributed by atoms with Crippen LogP contribution in [0, 0.1) is 17.1 Å². The summed E-state index contributed by atoms with van der Waals surface area (Å²) in [5, 5.41) is 17.2. The van der Waals surface area contributed by atoms with E-state index in [1.54, 1.807) is 18.2 Å². The van der Waals surface area contributed by atoms with Crippen LogP contribution in [0.2, 0.25) is 0 Å². The Hall–Kier alpha value is -4.20. The Labute approximate surface area is 185 Å². The molecule has 4 aromatic rings. The zero-order valence-corrected chi connectivity index (χ0v) is 17.1. The second-order valence-electron chi connectivity index (χ2n) is 7.15. The SMILES string of the molecule is N#Cc1c(CCCNc2nc(C(F)(F)F)nc3ccccc23)nn(-c2ccc(F)cc2)c1N. The van der Waals surface area contributed by atoms with E-state index >= 15 is 0 Å². The van der Waals surface area contributed by atoms with Gasteiger partial charge in [-0.1, -0.05) is 12.1 Å². The maximum atomic E-state index is 13.2. The number of anilines is 2. The van der Waals surface area contributed by atoms with Gasteiger partial charge in [0, 0.05) is 11.9 Å². The largest absolute Gasteiger partial charge is 0.451 e. The summed E-state index contributed by atoms with van der Waals surface area (Å²) >= 11 is 0. The van der Waals surface area contributed by atoms with E-state index < -0.39 is 17.8 Å². The molecule has 0 radical (unpaired) electrons. The zero-order valence-electron chi connectivity index (χ0n) is 17.1. The maximum Gasteiger partial charge on any atom is 0.451 e. The molecular formula is C22H17F4N7. The number of nitrogens with zero attached hydrogens (tertiary/aromatic N) is 5. The number of hydrogen-bond donors (Lipinski definition) is 2. The van der Waals surface area contributed by atoms with Crippen molar-refractivity contribution in [2.45, 2.75) is 19.0 Å². The summed E-state index contributed by atoms with van der Waals surface area (Å²) in [6, 6.07) is 13.9. The fourth-order valence-electron chi connectivity index (χ4n) is 3.35. The number of nitrogens with two attached hydrogens (primary N) is 1. The van der Waals surface area contributed by atoms with E-state index in [2.05, 4.69) is 20.4 Å². The number of nitrogens with one attached hydrogen (secondary N) is 1. The molecule has 168 valence electrons. The van der Waals surface area contributed by atoms with Crippen LogP contribution in [0.25, 0.3) is 16.6 Å². The van der Waals surface area contributed by atoms with E-state index in [0.29, 0.717) is 29.6 Å². The topological polar surface area (TPSA) is 105 Å². The number of fused-ring (bicyclic) bond motifs is 1. The number of aromatic nitrogens is 4. The van der Waals surface area contributed by atoms with Gasteiger partial charge in [-0.3, -0.25) is 0 Å². The van der Waals surface area contributed by atoms with E-state index in [4.69, 9.17) is 5.73 Å². The minimum atomic E-state index is -4.67. The molecule has 2 aromatic heterocycles. The molecule has 0 spiro atoms. The molecule has 0 aliphatic carbocycles. The standard InChI is InChI=1S/C22H17F4N7/c23-13-7-9-14(10-8-13)33-19(28)16(12-27)18(32-33)6-3-11-29-20-15-4-1-2-5-17(15)30-21(31-20)22(24,25)26/h1-2,4-5,7-10H,3,6,11,28H2,(H,29,30,31). The highest BCUT2D eigenvalue weighted by molar-refractivity contribution is 5.89. The van der Waals surface area contributed by atoms with E-state index in [1.807, 2.05) is 6.07 Å². The van der Waals surface area contributed by atoms with Crippen molar-refractivity contribution < 1.29 is 17.6 Å². The van der Waals surface area contributed by atoms with Crippen molar-refractivity contribution in [3.05, 3.63) is 71.4 Å². The van der Waals surface area contributed by atoms with Gasteiger partial charge in [-0.15, -0.1) is 0 Å². The molecule has 0 aliphatic rings. The van der Waals surface area contributed by atoms with Crippen LogP contribution in [-0.2, 0) is 12.6 Å². The van der Waals surface area contributed by atoms with Crippen LogP contribution in [0.5, 0.6) is 0 Å². The molecule has 2 aromatic carbocycles.